The van der Waals surface area contributed by atoms with Crippen molar-refractivity contribution in [1.29, 1.82) is 0 Å². The molecule has 0 aliphatic carbocycles. The summed E-state index contributed by atoms with van der Waals surface area (Å²) in [5.74, 6) is 0.890. The van der Waals surface area contributed by atoms with Crippen LogP contribution in [0.15, 0.2) is 36.7 Å². The molecule has 0 saturated carbocycles. The molecule has 0 saturated heterocycles. The van der Waals surface area contributed by atoms with E-state index in [2.05, 4.69) is 34.1 Å². The molecule has 3 heterocycles. The Balaban J connectivity index is 1.63. The monoisotopic (exact) mass is 313 g/mol. The van der Waals surface area contributed by atoms with Gasteiger partial charge in [0.2, 0.25) is 0 Å². The van der Waals surface area contributed by atoms with Crippen molar-refractivity contribution in [1.82, 2.24) is 19.8 Å². The third kappa shape index (κ3) is 3.16. The highest BCUT2D eigenvalue weighted by molar-refractivity contribution is 5.74. The van der Waals surface area contributed by atoms with Gasteiger partial charge in [0.1, 0.15) is 5.82 Å². The second-order valence-corrected chi connectivity index (χ2v) is 6.07. The maximum Gasteiger partial charge on any atom is 0.318 e. The van der Waals surface area contributed by atoms with Crippen LogP contribution in [0.25, 0.3) is 0 Å². The van der Waals surface area contributed by atoms with Crippen LogP contribution in [-0.4, -0.2) is 41.1 Å². The number of carbonyl (C=O) groups excluding carboxylic acids is 1. The normalized spacial score (nSPS) is 16.8. The lowest BCUT2D eigenvalue weighted by Crippen LogP contribution is -2.45. The van der Waals surface area contributed by atoms with Crippen molar-refractivity contribution in [2.45, 2.75) is 26.1 Å². The number of pyridine rings is 1. The second kappa shape index (κ2) is 6.32. The molecule has 6 heteroatoms. The summed E-state index contributed by atoms with van der Waals surface area (Å²) in [5.41, 5.74) is 2.23. The van der Waals surface area contributed by atoms with Gasteiger partial charge >= 0.3 is 6.03 Å². The van der Waals surface area contributed by atoms with Gasteiger partial charge < -0.3 is 19.7 Å². The van der Waals surface area contributed by atoms with Gasteiger partial charge in [-0.1, -0.05) is 0 Å². The standard InChI is InChI=1S/C17H23N5O/c1-13-15-5-4-8-21(15)9-10-22(13)17(23)19-12-14-6-7-18-16(11-14)20(2)3/h4-8,11,13H,9-10,12H2,1-3H3,(H,19,23)/t13-/m1/s1. The number of rotatable bonds is 3. The number of carbonyl (C=O) groups is 1. The molecule has 0 aromatic carbocycles. The molecule has 3 rings (SSSR count). The van der Waals surface area contributed by atoms with Crippen LogP contribution in [0.5, 0.6) is 0 Å². The summed E-state index contributed by atoms with van der Waals surface area (Å²) in [6.07, 6.45) is 3.84. The molecule has 0 unspecified atom stereocenters. The van der Waals surface area contributed by atoms with E-state index in [-0.39, 0.29) is 12.1 Å². The summed E-state index contributed by atoms with van der Waals surface area (Å²) in [7, 11) is 3.91. The molecule has 0 bridgehead atoms. The summed E-state index contributed by atoms with van der Waals surface area (Å²) in [5, 5.41) is 3.02. The zero-order chi connectivity index (χ0) is 16.4. The first kappa shape index (κ1) is 15.4. The number of urea groups is 1. The molecule has 1 aliphatic rings. The number of anilines is 1. The van der Waals surface area contributed by atoms with E-state index >= 15 is 0 Å². The van der Waals surface area contributed by atoms with Gasteiger partial charge in [-0.05, 0) is 36.8 Å². The van der Waals surface area contributed by atoms with Crippen molar-refractivity contribution in [3.63, 3.8) is 0 Å². The summed E-state index contributed by atoms with van der Waals surface area (Å²) < 4.78 is 2.21. The Morgan fingerprint density at radius 3 is 3.00 bits per heavy atom. The molecule has 122 valence electrons. The highest BCUT2D eigenvalue weighted by Crippen LogP contribution is 2.25. The second-order valence-electron chi connectivity index (χ2n) is 6.07. The minimum Gasteiger partial charge on any atom is -0.363 e. The molecule has 6 nitrogen and oxygen atoms in total. The molecule has 0 fully saturated rings. The summed E-state index contributed by atoms with van der Waals surface area (Å²) in [6, 6.07) is 8.11. The van der Waals surface area contributed by atoms with E-state index in [1.807, 2.05) is 42.1 Å². The first-order valence-electron chi connectivity index (χ1n) is 7.88. The Kier molecular flexibility index (Phi) is 4.23. The van der Waals surface area contributed by atoms with Crippen LogP contribution < -0.4 is 10.2 Å². The van der Waals surface area contributed by atoms with Gasteiger partial charge in [0.15, 0.2) is 0 Å². The highest BCUT2D eigenvalue weighted by Gasteiger charge is 2.27. The topological polar surface area (TPSA) is 53.4 Å². The molecule has 2 aromatic rings. The summed E-state index contributed by atoms with van der Waals surface area (Å²) >= 11 is 0. The highest BCUT2D eigenvalue weighted by atomic mass is 16.2. The van der Waals surface area contributed by atoms with E-state index in [1.54, 1.807) is 6.20 Å². The largest absolute Gasteiger partial charge is 0.363 e. The van der Waals surface area contributed by atoms with Gasteiger partial charge in [0.05, 0.1) is 6.04 Å². The van der Waals surface area contributed by atoms with Crippen LogP contribution in [-0.2, 0) is 13.1 Å². The minimum atomic E-state index is -0.0202. The molecule has 1 aliphatic heterocycles. The van der Waals surface area contributed by atoms with Crippen LogP contribution in [0.1, 0.15) is 24.2 Å². The quantitative estimate of drug-likeness (QED) is 0.945. The molecular weight excluding hydrogens is 290 g/mol. The number of nitrogens with one attached hydrogen (secondary N) is 1. The number of amides is 2. The number of aromatic nitrogens is 2. The molecule has 2 amide bonds. The molecule has 1 N–H and O–H groups in total. The maximum atomic E-state index is 12.5. The Morgan fingerprint density at radius 1 is 1.39 bits per heavy atom. The van der Waals surface area contributed by atoms with Crippen LogP contribution >= 0.6 is 0 Å². The Morgan fingerprint density at radius 2 is 2.22 bits per heavy atom. The summed E-state index contributed by atoms with van der Waals surface area (Å²) in [6.45, 7) is 4.15. The van der Waals surface area contributed by atoms with Gasteiger partial charge in [-0.15, -0.1) is 0 Å². The fraction of sp³-hybridized carbons (Fsp3) is 0.412. The fourth-order valence-electron chi connectivity index (χ4n) is 2.95. The van der Waals surface area contributed by atoms with Crippen molar-refractivity contribution in [3.05, 3.63) is 47.9 Å². The van der Waals surface area contributed by atoms with E-state index in [0.717, 1.165) is 24.5 Å². The van der Waals surface area contributed by atoms with Gasteiger partial charge in [-0.25, -0.2) is 9.78 Å². The smallest absolute Gasteiger partial charge is 0.318 e. The van der Waals surface area contributed by atoms with Gasteiger partial charge in [0.25, 0.3) is 0 Å². The third-order valence-corrected chi connectivity index (χ3v) is 4.31. The summed E-state index contributed by atoms with van der Waals surface area (Å²) in [4.78, 5) is 20.6. The van der Waals surface area contributed by atoms with E-state index in [1.165, 1.54) is 5.69 Å². The first-order valence-corrected chi connectivity index (χ1v) is 7.88. The van der Waals surface area contributed by atoms with E-state index in [4.69, 9.17) is 0 Å². The van der Waals surface area contributed by atoms with Crippen molar-refractivity contribution in [3.8, 4) is 0 Å². The van der Waals surface area contributed by atoms with Crippen LogP contribution in [0.3, 0.4) is 0 Å². The lowest BCUT2D eigenvalue weighted by molar-refractivity contribution is 0.162. The zero-order valence-electron chi connectivity index (χ0n) is 13.9. The lowest BCUT2D eigenvalue weighted by atomic mass is 10.1. The number of fused-ring (bicyclic) bond motifs is 1. The van der Waals surface area contributed by atoms with Crippen molar-refractivity contribution in [2.24, 2.45) is 0 Å². The molecule has 2 aromatic heterocycles. The Hall–Kier alpha value is -2.50. The Bertz CT molecular complexity index is 694. The van der Waals surface area contributed by atoms with Crippen LogP contribution in [0.2, 0.25) is 0 Å². The van der Waals surface area contributed by atoms with Crippen LogP contribution in [0.4, 0.5) is 10.6 Å². The third-order valence-electron chi connectivity index (χ3n) is 4.31. The lowest BCUT2D eigenvalue weighted by Gasteiger charge is -2.34. The van der Waals surface area contributed by atoms with Crippen molar-refractivity contribution < 1.29 is 4.79 Å². The first-order chi connectivity index (χ1) is 11.1. The van der Waals surface area contributed by atoms with Crippen molar-refractivity contribution in [2.75, 3.05) is 25.5 Å². The molecule has 0 spiro atoms. The minimum absolute atomic E-state index is 0.0202. The van der Waals surface area contributed by atoms with Gasteiger partial charge in [0, 0.05) is 51.8 Å². The zero-order valence-corrected chi connectivity index (χ0v) is 13.9. The average Bonchev–Trinajstić information content (AvgIpc) is 3.03. The van der Waals surface area contributed by atoms with E-state index < -0.39 is 0 Å². The van der Waals surface area contributed by atoms with Crippen LogP contribution in [0, 0.1) is 0 Å². The average molecular weight is 313 g/mol. The SMILES string of the molecule is C[C@@H]1c2cccn2CCN1C(=O)NCc1ccnc(N(C)C)c1. The van der Waals surface area contributed by atoms with Gasteiger partial charge in [-0.3, -0.25) is 0 Å². The molecule has 23 heavy (non-hydrogen) atoms. The van der Waals surface area contributed by atoms with E-state index in [9.17, 15) is 4.79 Å². The van der Waals surface area contributed by atoms with E-state index in [0.29, 0.717) is 6.54 Å². The Labute approximate surface area is 136 Å². The number of hydrogen-bond acceptors (Lipinski definition) is 3. The molecular formula is C17H23N5O. The predicted octanol–water partition coefficient (Wildman–Crippen LogP) is 2.24. The fourth-order valence-corrected chi connectivity index (χ4v) is 2.95. The van der Waals surface area contributed by atoms with Gasteiger partial charge in [-0.2, -0.15) is 0 Å². The number of nitrogens with zero attached hydrogens (tertiary/aromatic N) is 4. The van der Waals surface area contributed by atoms with Crippen molar-refractivity contribution >= 4 is 11.8 Å². The number of hydrogen-bond donors (Lipinski definition) is 1. The predicted molar refractivity (Wildman–Crippen MR) is 90.4 cm³/mol. The maximum absolute atomic E-state index is 12.5. The molecule has 1 atom stereocenters. The molecule has 0 radical (unpaired) electrons.